The van der Waals surface area contributed by atoms with Crippen LogP contribution < -0.4 is 4.90 Å². The second-order valence-electron chi connectivity index (χ2n) is 10.5. The number of aryl methyl sites for hydroxylation is 1. The number of hydrogen-bond donors (Lipinski definition) is 0. The fraction of sp³-hybridized carbons (Fsp3) is 0.720. The zero-order valence-corrected chi connectivity index (χ0v) is 20.3. The SMILES string of the molecule is CC(C)(C)OC(=O)N1CCCCC1c1cc2nc3c(c(N4CCOCC4)n2n1)CCCCC3. The number of fused-ring (bicyclic) bond motifs is 2. The van der Waals surface area contributed by atoms with Crippen LogP contribution in [0.5, 0.6) is 0 Å². The van der Waals surface area contributed by atoms with Gasteiger partial charge in [0, 0.05) is 37.0 Å². The van der Waals surface area contributed by atoms with E-state index in [1.807, 2.05) is 30.2 Å². The molecule has 1 amide bonds. The van der Waals surface area contributed by atoms with Crippen LogP contribution in [-0.2, 0) is 22.3 Å². The average molecular weight is 456 g/mol. The number of carbonyl (C=O) groups is 1. The molecular weight excluding hydrogens is 418 g/mol. The first-order valence-electron chi connectivity index (χ1n) is 12.6. The topological polar surface area (TPSA) is 72.2 Å². The largest absolute Gasteiger partial charge is 0.444 e. The fourth-order valence-corrected chi connectivity index (χ4v) is 5.36. The summed E-state index contributed by atoms with van der Waals surface area (Å²) in [6, 6.07) is 2.02. The van der Waals surface area contributed by atoms with Gasteiger partial charge < -0.3 is 14.4 Å². The number of aromatic nitrogens is 3. The number of amides is 1. The summed E-state index contributed by atoms with van der Waals surface area (Å²) in [5.41, 5.74) is 3.87. The van der Waals surface area contributed by atoms with Crippen molar-refractivity contribution in [3.8, 4) is 0 Å². The van der Waals surface area contributed by atoms with E-state index >= 15 is 0 Å². The van der Waals surface area contributed by atoms with Crippen molar-refractivity contribution in [2.45, 2.75) is 83.8 Å². The lowest BCUT2D eigenvalue weighted by atomic mass is 10.00. The molecule has 8 heteroatoms. The molecule has 0 spiro atoms. The first-order chi connectivity index (χ1) is 15.9. The van der Waals surface area contributed by atoms with E-state index < -0.39 is 5.60 Å². The smallest absolute Gasteiger partial charge is 0.410 e. The Balaban J connectivity index is 1.56. The third-order valence-electron chi connectivity index (χ3n) is 6.90. The zero-order chi connectivity index (χ0) is 23.0. The van der Waals surface area contributed by atoms with E-state index in [0.717, 1.165) is 69.7 Å². The molecule has 0 aromatic carbocycles. The minimum Gasteiger partial charge on any atom is -0.444 e. The van der Waals surface area contributed by atoms with Crippen LogP contribution in [0.15, 0.2) is 6.07 Å². The van der Waals surface area contributed by atoms with Gasteiger partial charge in [-0.2, -0.15) is 9.61 Å². The molecule has 33 heavy (non-hydrogen) atoms. The molecule has 2 fully saturated rings. The van der Waals surface area contributed by atoms with Gasteiger partial charge in [-0.3, -0.25) is 4.90 Å². The molecule has 5 rings (SSSR count). The van der Waals surface area contributed by atoms with Crippen LogP contribution in [0.1, 0.15) is 82.3 Å². The number of hydrogen-bond acceptors (Lipinski definition) is 6. The Morgan fingerprint density at radius 2 is 1.85 bits per heavy atom. The zero-order valence-electron chi connectivity index (χ0n) is 20.3. The second kappa shape index (κ2) is 9.12. The van der Waals surface area contributed by atoms with Crippen molar-refractivity contribution in [2.75, 3.05) is 37.7 Å². The van der Waals surface area contributed by atoms with Crippen molar-refractivity contribution in [3.05, 3.63) is 23.0 Å². The van der Waals surface area contributed by atoms with E-state index in [0.29, 0.717) is 6.54 Å². The van der Waals surface area contributed by atoms with Gasteiger partial charge in [-0.15, -0.1) is 0 Å². The molecule has 1 aliphatic carbocycles. The summed E-state index contributed by atoms with van der Waals surface area (Å²) in [4.78, 5) is 22.4. The summed E-state index contributed by atoms with van der Waals surface area (Å²) in [5, 5.41) is 5.10. The lowest BCUT2D eigenvalue weighted by Gasteiger charge is -2.35. The fourth-order valence-electron chi connectivity index (χ4n) is 5.36. The van der Waals surface area contributed by atoms with Crippen molar-refractivity contribution >= 4 is 17.6 Å². The van der Waals surface area contributed by atoms with Gasteiger partial charge in [-0.1, -0.05) is 6.42 Å². The van der Waals surface area contributed by atoms with Gasteiger partial charge in [0.25, 0.3) is 0 Å². The molecule has 0 radical (unpaired) electrons. The summed E-state index contributed by atoms with van der Waals surface area (Å²) < 4.78 is 13.4. The standard InChI is InChI=1S/C25H37N5O3/c1-25(2,3)33-24(31)29-12-8-7-11-21(29)20-17-22-26-19-10-6-4-5-9-18(19)23(30(22)27-20)28-13-15-32-16-14-28/h17,21H,4-16H2,1-3H3. The van der Waals surface area contributed by atoms with Gasteiger partial charge in [0.05, 0.1) is 24.9 Å². The van der Waals surface area contributed by atoms with Gasteiger partial charge in [0.1, 0.15) is 11.4 Å². The number of anilines is 1. The number of carbonyl (C=O) groups excluding carboxylic acids is 1. The van der Waals surface area contributed by atoms with Crippen LogP contribution in [0.4, 0.5) is 10.6 Å². The Morgan fingerprint density at radius 3 is 2.64 bits per heavy atom. The number of piperidine rings is 1. The Kier molecular flexibility index (Phi) is 6.20. The van der Waals surface area contributed by atoms with E-state index in [4.69, 9.17) is 19.6 Å². The number of nitrogens with zero attached hydrogens (tertiary/aromatic N) is 5. The Bertz CT molecular complexity index is 1010. The number of morpholine rings is 1. The predicted molar refractivity (Wildman–Crippen MR) is 127 cm³/mol. The predicted octanol–water partition coefficient (Wildman–Crippen LogP) is 4.30. The van der Waals surface area contributed by atoms with Crippen LogP contribution in [0, 0.1) is 0 Å². The van der Waals surface area contributed by atoms with Crippen LogP contribution in [-0.4, -0.2) is 64.0 Å². The molecule has 2 saturated heterocycles. The molecule has 2 aromatic heterocycles. The van der Waals surface area contributed by atoms with Gasteiger partial charge in [-0.05, 0) is 65.7 Å². The molecule has 2 aromatic rings. The number of rotatable bonds is 2. The summed E-state index contributed by atoms with van der Waals surface area (Å²) in [6.07, 6.45) is 8.43. The van der Waals surface area contributed by atoms with Crippen LogP contribution in [0.25, 0.3) is 5.65 Å². The Hall–Kier alpha value is -2.35. The maximum absolute atomic E-state index is 13.0. The lowest BCUT2D eigenvalue weighted by molar-refractivity contribution is 0.00897. The van der Waals surface area contributed by atoms with Crippen LogP contribution >= 0.6 is 0 Å². The molecule has 0 saturated carbocycles. The summed E-state index contributed by atoms with van der Waals surface area (Å²) in [7, 11) is 0. The van der Waals surface area contributed by atoms with Crippen molar-refractivity contribution in [2.24, 2.45) is 0 Å². The van der Waals surface area contributed by atoms with Crippen LogP contribution in [0.2, 0.25) is 0 Å². The third kappa shape index (κ3) is 4.67. The quantitative estimate of drug-likeness (QED) is 0.629. The Labute approximate surface area is 196 Å². The molecule has 2 aliphatic heterocycles. The summed E-state index contributed by atoms with van der Waals surface area (Å²) in [6.45, 7) is 9.67. The molecule has 8 nitrogen and oxygen atoms in total. The van der Waals surface area contributed by atoms with Gasteiger partial charge >= 0.3 is 6.09 Å². The van der Waals surface area contributed by atoms with E-state index in [9.17, 15) is 4.79 Å². The molecular formula is C25H37N5O3. The molecule has 0 N–H and O–H groups in total. The van der Waals surface area contributed by atoms with E-state index in [2.05, 4.69) is 11.0 Å². The van der Waals surface area contributed by atoms with E-state index in [-0.39, 0.29) is 12.1 Å². The summed E-state index contributed by atoms with van der Waals surface area (Å²) >= 11 is 0. The van der Waals surface area contributed by atoms with Crippen molar-refractivity contribution in [1.29, 1.82) is 0 Å². The molecule has 0 bridgehead atoms. The van der Waals surface area contributed by atoms with Crippen molar-refractivity contribution in [1.82, 2.24) is 19.5 Å². The molecule has 4 heterocycles. The lowest BCUT2D eigenvalue weighted by Crippen LogP contribution is -2.42. The number of ether oxygens (including phenoxy) is 2. The highest BCUT2D eigenvalue weighted by Gasteiger charge is 2.34. The molecule has 1 unspecified atom stereocenters. The first-order valence-corrected chi connectivity index (χ1v) is 12.6. The Morgan fingerprint density at radius 1 is 1.06 bits per heavy atom. The second-order valence-corrected chi connectivity index (χ2v) is 10.5. The summed E-state index contributed by atoms with van der Waals surface area (Å²) in [5.74, 6) is 1.19. The monoisotopic (exact) mass is 455 g/mol. The van der Waals surface area contributed by atoms with E-state index in [1.165, 1.54) is 36.3 Å². The van der Waals surface area contributed by atoms with Gasteiger partial charge in [0.15, 0.2) is 5.65 Å². The number of likely N-dealkylation sites (tertiary alicyclic amines) is 1. The third-order valence-corrected chi connectivity index (χ3v) is 6.90. The maximum atomic E-state index is 13.0. The first kappa shape index (κ1) is 22.4. The highest BCUT2D eigenvalue weighted by atomic mass is 16.6. The van der Waals surface area contributed by atoms with Crippen molar-refractivity contribution < 1.29 is 14.3 Å². The van der Waals surface area contributed by atoms with Crippen molar-refractivity contribution in [3.63, 3.8) is 0 Å². The van der Waals surface area contributed by atoms with E-state index in [1.54, 1.807) is 0 Å². The van der Waals surface area contributed by atoms with Gasteiger partial charge in [-0.25, -0.2) is 9.78 Å². The minimum absolute atomic E-state index is 0.0763. The minimum atomic E-state index is -0.513. The molecule has 180 valence electrons. The van der Waals surface area contributed by atoms with Gasteiger partial charge in [0.2, 0.25) is 0 Å². The normalized spacial score (nSPS) is 22.2. The average Bonchev–Trinajstić information content (AvgIpc) is 3.07. The molecule has 3 aliphatic rings. The molecule has 1 atom stereocenters. The highest BCUT2D eigenvalue weighted by Crippen LogP contribution is 2.35. The maximum Gasteiger partial charge on any atom is 0.410 e. The van der Waals surface area contributed by atoms with Crippen LogP contribution in [0.3, 0.4) is 0 Å². The highest BCUT2D eigenvalue weighted by molar-refractivity contribution is 5.69.